The summed E-state index contributed by atoms with van der Waals surface area (Å²) in [5.41, 5.74) is 1.12. The van der Waals surface area contributed by atoms with Crippen LogP contribution >= 0.6 is 0 Å². The van der Waals surface area contributed by atoms with Crippen LogP contribution in [-0.2, 0) is 21.2 Å². The summed E-state index contributed by atoms with van der Waals surface area (Å²) >= 11 is 0. The second kappa shape index (κ2) is 8.29. The van der Waals surface area contributed by atoms with Crippen LogP contribution in [0, 0.1) is 0 Å². The molecule has 0 radical (unpaired) electrons. The molecule has 0 saturated heterocycles. The van der Waals surface area contributed by atoms with E-state index < -0.39 is 10.0 Å². The molecule has 0 spiro atoms. The van der Waals surface area contributed by atoms with E-state index in [1.54, 1.807) is 0 Å². The molecule has 2 rings (SSSR count). The van der Waals surface area contributed by atoms with E-state index in [0.717, 1.165) is 37.7 Å². The minimum Gasteiger partial charge on any atom is -0.352 e. The summed E-state index contributed by atoms with van der Waals surface area (Å²) in [6.45, 7) is -0.163. The van der Waals surface area contributed by atoms with Crippen LogP contribution in [0.15, 0.2) is 30.3 Å². The van der Waals surface area contributed by atoms with E-state index in [1.165, 1.54) is 0 Å². The van der Waals surface area contributed by atoms with Crippen molar-refractivity contribution in [2.45, 2.75) is 44.6 Å². The number of amides is 1. The molecule has 0 aromatic heterocycles. The van der Waals surface area contributed by atoms with E-state index in [2.05, 4.69) is 10.0 Å². The first-order chi connectivity index (χ1) is 10.6. The Morgan fingerprint density at radius 2 is 1.82 bits per heavy atom. The summed E-state index contributed by atoms with van der Waals surface area (Å²) < 4.78 is 26.1. The lowest BCUT2D eigenvalue weighted by Crippen LogP contribution is -2.41. The predicted octanol–water partition coefficient (Wildman–Crippen LogP) is 1.60. The number of carbonyl (C=O) groups is 1. The van der Waals surface area contributed by atoms with Gasteiger partial charge in [-0.1, -0.05) is 43.2 Å². The highest BCUT2D eigenvalue weighted by molar-refractivity contribution is 7.89. The van der Waals surface area contributed by atoms with E-state index >= 15 is 0 Å². The zero-order chi connectivity index (χ0) is 15.8. The number of hydrogen-bond acceptors (Lipinski definition) is 3. The lowest BCUT2D eigenvalue weighted by atomic mass is 10.1. The minimum atomic E-state index is -3.39. The van der Waals surface area contributed by atoms with Gasteiger partial charge in [-0.15, -0.1) is 0 Å². The van der Waals surface area contributed by atoms with Gasteiger partial charge in [0.05, 0.1) is 12.3 Å². The maximum Gasteiger partial charge on any atom is 0.235 e. The molecule has 1 aromatic rings. The zero-order valence-corrected chi connectivity index (χ0v) is 13.6. The van der Waals surface area contributed by atoms with Crippen molar-refractivity contribution in [2.75, 3.05) is 12.3 Å². The fraction of sp³-hybridized carbons (Fsp3) is 0.562. The van der Waals surface area contributed by atoms with Crippen molar-refractivity contribution in [1.82, 2.24) is 10.0 Å². The molecule has 0 atom stereocenters. The molecule has 6 heteroatoms. The molecule has 5 nitrogen and oxygen atoms in total. The van der Waals surface area contributed by atoms with Gasteiger partial charge in [0.15, 0.2) is 0 Å². The highest BCUT2D eigenvalue weighted by Crippen LogP contribution is 2.17. The van der Waals surface area contributed by atoms with Gasteiger partial charge in [0.25, 0.3) is 0 Å². The van der Waals surface area contributed by atoms with Gasteiger partial charge in [-0.05, 0) is 31.2 Å². The molecule has 1 aliphatic carbocycles. The zero-order valence-electron chi connectivity index (χ0n) is 12.8. The number of benzene rings is 1. The standard InChI is InChI=1S/C16H24N2O3S/c19-16(18-15-10-4-5-11-15)13-17-22(20,21)12-6-9-14-7-2-1-3-8-14/h1-3,7-8,15,17H,4-6,9-13H2,(H,18,19). The highest BCUT2D eigenvalue weighted by atomic mass is 32.2. The molecule has 1 aliphatic rings. The monoisotopic (exact) mass is 324 g/mol. The molecule has 1 amide bonds. The lowest BCUT2D eigenvalue weighted by Gasteiger charge is -2.12. The molecule has 0 heterocycles. The average Bonchev–Trinajstić information content (AvgIpc) is 2.99. The minimum absolute atomic E-state index is 0.0403. The van der Waals surface area contributed by atoms with Gasteiger partial charge in [0, 0.05) is 6.04 Å². The number of rotatable bonds is 8. The Bertz CT molecular complexity index is 566. The molecule has 0 bridgehead atoms. The van der Waals surface area contributed by atoms with Crippen LogP contribution in [0.5, 0.6) is 0 Å². The van der Waals surface area contributed by atoms with E-state index in [-0.39, 0.29) is 24.2 Å². The van der Waals surface area contributed by atoms with Crippen LogP contribution in [0.25, 0.3) is 0 Å². The fourth-order valence-corrected chi connectivity index (χ4v) is 3.73. The van der Waals surface area contributed by atoms with Crippen LogP contribution in [0.3, 0.4) is 0 Å². The van der Waals surface area contributed by atoms with Gasteiger partial charge in [-0.2, -0.15) is 0 Å². The summed E-state index contributed by atoms with van der Waals surface area (Å²) in [6.07, 6.45) is 5.52. The first-order valence-corrected chi connectivity index (χ1v) is 9.51. The third-order valence-electron chi connectivity index (χ3n) is 3.89. The number of hydrogen-bond donors (Lipinski definition) is 2. The second-order valence-corrected chi connectivity index (χ2v) is 7.70. The van der Waals surface area contributed by atoms with Gasteiger partial charge in [-0.25, -0.2) is 13.1 Å². The van der Waals surface area contributed by atoms with Crippen molar-refractivity contribution in [3.63, 3.8) is 0 Å². The van der Waals surface area contributed by atoms with Gasteiger partial charge in [0.2, 0.25) is 15.9 Å². The molecule has 1 aromatic carbocycles. The van der Waals surface area contributed by atoms with Crippen molar-refractivity contribution in [1.29, 1.82) is 0 Å². The van der Waals surface area contributed by atoms with Crippen LogP contribution in [0.1, 0.15) is 37.7 Å². The Hall–Kier alpha value is -1.40. The normalized spacial score (nSPS) is 15.8. The predicted molar refractivity (Wildman–Crippen MR) is 87.0 cm³/mol. The molecule has 22 heavy (non-hydrogen) atoms. The molecule has 2 N–H and O–H groups in total. The Morgan fingerprint density at radius 1 is 1.14 bits per heavy atom. The third-order valence-corrected chi connectivity index (χ3v) is 5.30. The molecular weight excluding hydrogens is 300 g/mol. The number of sulfonamides is 1. The topological polar surface area (TPSA) is 75.3 Å². The second-order valence-electron chi connectivity index (χ2n) is 5.78. The SMILES string of the molecule is O=C(CNS(=O)(=O)CCCc1ccccc1)NC1CCCC1. The van der Waals surface area contributed by atoms with Crippen LogP contribution in [-0.4, -0.2) is 32.7 Å². The summed E-state index contributed by atoms with van der Waals surface area (Å²) in [6, 6.07) is 10.00. The quantitative estimate of drug-likeness (QED) is 0.762. The lowest BCUT2D eigenvalue weighted by molar-refractivity contribution is -0.120. The smallest absolute Gasteiger partial charge is 0.235 e. The number of nitrogens with one attached hydrogen (secondary N) is 2. The number of carbonyl (C=O) groups excluding carboxylic acids is 1. The van der Waals surface area contributed by atoms with Crippen molar-refractivity contribution >= 4 is 15.9 Å². The van der Waals surface area contributed by atoms with Gasteiger partial charge >= 0.3 is 0 Å². The van der Waals surface area contributed by atoms with E-state index in [9.17, 15) is 13.2 Å². The largest absolute Gasteiger partial charge is 0.352 e. The molecule has 122 valence electrons. The molecule has 1 saturated carbocycles. The Balaban J connectivity index is 1.66. The van der Waals surface area contributed by atoms with Crippen LogP contribution in [0.4, 0.5) is 0 Å². The van der Waals surface area contributed by atoms with Crippen molar-refractivity contribution < 1.29 is 13.2 Å². The van der Waals surface area contributed by atoms with E-state index in [4.69, 9.17) is 0 Å². The first-order valence-electron chi connectivity index (χ1n) is 7.86. The number of aryl methyl sites for hydroxylation is 1. The highest BCUT2D eigenvalue weighted by Gasteiger charge is 2.18. The van der Waals surface area contributed by atoms with Gasteiger partial charge < -0.3 is 5.32 Å². The van der Waals surface area contributed by atoms with Crippen molar-refractivity contribution in [3.05, 3.63) is 35.9 Å². The van der Waals surface area contributed by atoms with Gasteiger partial charge in [-0.3, -0.25) is 4.79 Å². The summed E-state index contributed by atoms with van der Waals surface area (Å²) in [4.78, 5) is 11.7. The molecule has 1 fully saturated rings. The Morgan fingerprint density at radius 3 is 2.50 bits per heavy atom. The average molecular weight is 324 g/mol. The van der Waals surface area contributed by atoms with Crippen LogP contribution < -0.4 is 10.0 Å². The maximum absolute atomic E-state index is 11.9. The Labute approximate surface area is 132 Å². The molecule has 0 unspecified atom stereocenters. The fourth-order valence-electron chi connectivity index (χ4n) is 2.71. The van der Waals surface area contributed by atoms with Crippen molar-refractivity contribution in [3.8, 4) is 0 Å². The Kier molecular flexibility index (Phi) is 6.39. The first kappa shape index (κ1) is 17.0. The summed E-state index contributed by atoms with van der Waals surface area (Å²) in [5, 5.41) is 2.87. The van der Waals surface area contributed by atoms with E-state index in [1.807, 2.05) is 30.3 Å². The molecule has 0 aliphatic heterocycles. The third kappa shape index (κ3) is 6.15. The van der Waals surface area contributed by atoms with E-state index in [0.29, 0.717) is 6.42 Å². The molecular formula is C16H24N2O3S. The van der Waals surface area contributed by atoms with Crippen molar-refractivity contribution in [2.24, 2.45) is 0 Å². The van der Waals surface area contributed by atoms with Crippen LogP contribution in [0.2, 0.25) is 0 Å². The summed E-state index contributed by atoms with van der Waals surface area (Å²) in [7, 11) is -3.39. The summed E-state index contributed by atoms with van der Waals surface area (Å²) in [5.74, 6) is -0.197. The van der Waals surface area contributed by atoms with Gasteiger partial charge in [0.1, 0.15) is 0 Å². The maximum atomic E-state index is 11.9.